The van der Waals surface area contributed by atoms with Crippen molar-refractivity contribution >= 4 is 29.2 Å². The van der Waals surface area contributed by atoms with Crippen molar-refractivity contribution in [2.45, 2.75) is 32.6 Å². The molecular weight excluding hydrogens is 294 g/mol. The van der Waals surface area contributed by atoms with E-state index >= 15 is 0 Å². The Bertz CT molecular complexity index is 491. The Morgan fingerprint density at radius 1 is 1.19 bits per heavy atom. The Hall–Kier alpha value is -1.75. The predicted octanol–water partition coefficient (Wildman–Crippen LogP) is 3.20. The maximum absolute atomic E-state index is 11.8. The van der Waals surface area contributed by atoms with Crippen molar-refractivity contribution < 1.29 is 19.1 Å². The summed E-state index contributed by atoms with van der Waals surface area (Å²) in [5.41, 5.74) is 6.31. The Morgan fingerprint density at radius 3 is 2.62 bits per heavy atom. The van der Waals surface area contributed by atoms with Crippen LogP contribution in [-0.4, -0.2) is 25.2 Å². The second-order valence-electron chi connectivity index (χ2n) is 4.48. The van der Waals surface area contributed by atoms with E-state index < -0.39 is 5.97 Å². The highest BCUT2D eigenvalue weighted by Crippen LogP contribution is 2.18. The van der Waals surface area contributed by atoms with E-state index in [0.29, 0.717) is 42.3 Å². The lowest BCUT2D eigenvalue weighted by atomic mass is 10.2. The number of esters is 2. The number of hydrogen-bond acceptors (Lipinski definition) is 5. The summed E-state index contributed by atoms with van der Waals surface area (Å²) in [6.07, 6.45) is 2.60. The van der Waals surface area contributed by atoms with Gasteiger partial charge in [-0.05, 0) is 44.4 Å². The lowest BCUT2D eigenvalue weighted by Gasteiger charge is -2.07. The molecule has 0 saturated carbocycles. The van der Waals surface area contributed by atoms with Crippen LogP contribution in [0.15, 0.2) is 18.2 Å². The van der Waals surface area contributed by atoms with Crippen LogP contribution >= 0.6 is 11.6 Å². The fourth-order valence-electron chi connectivity index (χ4n) is 1.74. The molecule has 0 aromatic heterocycles. The Kier molecular flexibility index (Phi) is 7.61. The van der Waals surface area contributed by atoms with Gasteiger partial charge in [-0.2, -0.15) is 0 Å². The second-order valence-corrected chi connectivity index (χ2v) is 4.92. The molecule has 2 N–H and O–H groups in total. The van der Waals surface area contributed by atoms with Crippen LogP contribution in [0, 0.1) is 0 Å². The largest absolute Gasteiger partial charge is 0.466 e. The summed E-state index contributed by atoms with van der Waals surface area (Å²) in [5, 5.41) is 0.475. The van der Waals surface area contributed by atoms with Crippen molar-refractivity contribution in [2.75, 3.05) is 18.9 Å². The molecule has 1 aromatic carbocycles. The van der Waals surface area contributed by atoms with Gasteiger partial charge in [-0.1, -0.05) is 11.6 Å². The third-order valence-corrected chi connectivity index (χ3v) is 3.03. The van der Waals surface area contributed by atoms with Crippen molar-refractivity contribution in [1.82, 2.24) is 0 Å². The van der Waals surface area contributed by atoms with E-state index in [4.69, 9.17) is 26.8 Å². The average molecular weight is 314 g/mol. The van der Waals surface area contributed by atoms with Gasteiger partial charge in [0, 0.05) is 17.1 Å². The number of carbonyl (C=O) groups excluding carboxylic acids is 2. The van der Waals surface area contributed by atoms with Crippen LogP contribution < -0.4 is 5.73 Å². The zero-order valence-electron chi connectivity index (χ0n) is 12.1. The molecule has 0 aliphatic heterocycles. The molecule has 0 radical (unpaired) electrons. The number of anilines is 1. The van der Waals surface area contributed by atoms with E-state index in [0.717, 1.165) is 12.8 Å². The van der Waals surface area contributed by atoms with Crippen LogP contribution in [0.1, 0.15) is 43.0 Å². The van der Waals surface area contributed by atoms with Gasteiger partial charge in [-0.25, -0.2) is 4.79 Å². The molecule has 0 spiro atoms. The monoisotopic (exact) mass is 313 g/mol. The number of benzene rings is 1. The van der Waals surface area contributed by atoms with Crippen LogP contribution in [-0.2, 0) is 14.3 Å². The molecule has 0 bridgehead atoms. The van der Waals surface area contributed by atoms with Crippen molar-refractivity contribution in [3.63, 3.8) is 0 Å². The smallest absolute Gasteiger partial charge is 0.340 e. The van der Waals surface area contributed by atoms with Gasteiger partial charge in [0.25, 0.3) is 0 Å². The fraction of sp³-hybridized carbons (Fsp3) is 0.467. The van der Waals surface area contributed by atoms with Gasteiger partial charge < -0.3 is 15.2 Å². The lowest BCUT2D eigenvalue weighted by molar-refractivity contribution is -0.143. The van der Waals surface area contributed by atoms with Crippen molar-refractivity contribution in [3.8, 4) is 0 Å². The fourth-order valence-corrected chi connectivity index (χ4v) is 1.92. The number of hydrogen-bond donors (Lipinski definition) is 1. The Morgan fingerprint density at radius 2 is 1.95 bits per heavy atom. The third kappa shape index (κ3) is 6.49. The van der Waals surface area contributed by atoms with Gasteiger partial charge >= 0.3 is 11.9 Å². The van der Waals surface area contributed by atoms with E-state index in [1.54, 1.807) is 19.1 Å². The summed E-state index contributed by atoms with van der Waals surface area (Å²) in [5.74, 6) is -0.655. The maximum Gasteiger partial charge on any atom is 0.340 e. The van der Waals surface area contributed by atoms with Crippen LogP contribution in [0.3, 0.4) is 0 Å². The van der Waals surface area contributed by atoms with Gasteiger partial charge in [-0.3, -0.25) is 4.79 Å². The van der Waals surface area contributed by atoms with Gasteiger partial charge in [0.2, 0.25) is 0 Å². The van der Waals surface area contributed by atoms with Crippen LogP contribution in [0.2, 0.25) is 5.02 Å². The van der Waals surface area contributed by atoms with E-state index in [2.05, 4.69) is 0 Å². The number of nitrogen functional groups attached to an aromatic ring is 1. The molecule has 1 aromatic rings. The molecule has 116 valence electrons. The normalized spacial score (nSPS) is 10.2. The first-order valence-electron chi connectivity index (χ1n) is 6.92. The molecular formula is C15H20ClNO4. The lowest BCUT2D eigenvalue weighted by Crippen LogP contribution is -2.09. The molecule has 0 saturated heterocycles. The zero-order chi connectivity index (χ0) is 15.7. The number of nitrogens with two attached hydrogens (primary N) is 1. The van der Waals surface area contributed by atoms with Gasteiger partial charge in [-0.15, -0.1) is 0 Å². The molecule has 0 aliphatic rings. The zero-order valence-corrected chi connectivity index (χ0v) is 12.8. The Labute approximate surface area is 129 Å². The summed E-state index contributed by atoms with van der Waals surface area (Å²) < 4.78 is 9.94. The molecule has 21 heavy (non-hydrogen) atoms. The Balaban J connectivity index is 2.21. The summed E-state index contributed by atoms with van der Waals surface area (Å²) in [6.45, 7) is 2.47. The topological polar surface area (TPSA) is 78.6 Å². The molecule has 0 heterocycles. The summed E-state index contributed by atoms with van der Waals surface area (Å²) in [7, 11) is 0. The van der Waals surface area contributed by atoms with Crippen LogP contribution in [0.25, 0.3) is 0 Å². The van der Waals surface area contributed by atoms with Crippen molar-refractivity contribution in [2.24, 2.45) is 0 Å². The van der Waals surface area contributed by atoms with Crippen molar-refractivity contribution in [1.29, 1.82) is 0 Å². The quantitative estimate of drug-likeness (QED) is 0.453. The molecule has 6 heteroatoms. The molecule has 5 nitrogen and oxygen atoms in total. The molecule has 0 aliphatic carbocycles. The average Bonchev–Trinajstić information content (AvgIpc) is 2.42. The molecule has 1 rings (SSSR count). The number of unbranched alkanes of at least 4 members (excludes halogenated alkanes) is 2. The number of ether oxygens (including phenoxy) is 2. The van der Waals surface area contributed by atoms with E-state index in [-0.39, 0.29) is 5.97 Å². The second kappa shape index (κ2) is 9.23. The minimum absolute atomic E-state index is 0.191. The first-order valence-corrected chi connectivity index (χ1v) is 7.30. The minimum Gasteiger partial charge on any atom is -0.466 e. The number of rotatable bonds is 8. The van der Waals surface area contributed by atoms with Gasteiger partial charge in [0.1, 0.15) is 0 Å². The highest BCUT2D eigenvalue weighted by molar-refractivity contribution is 6.31. The van der Waals surface area contributed by atoms with Gasteiger partial charge in [0.05, 0.1) is 18.8 Å². The first kappa shape index (κ1) is 17.3. The maximum atomic E-state index is 11.8. The van der Waals surface area contributed by atoms with Gasteiger partial charge in [0.15, 0.2) is 0 Å². The molecule has 0 amide bonds. The minimum atomic E-state index is -0.463. The molecule has 0 fully saturated rings. The summed E-state index contributed by atoms with van der Waals surface area (Å²) in [4.78, 5) is 22.9. The molecule has 0 atom stereocenters. The number of carbonyl (C=O) groups is 2. The predicted molar refractivity (Wildman–Crippen MR) is 81.2 cm³/mol. The van der Waals surface area contributed by atoms with E-state index in [1.165, 1.54) is 6.07 Å². The third-order valence-electron chi connectivity index (χ3n) is 2.80. The highest BCUT2D eigenvalue weighted by Gasteiger charge is 2.11. The van der Waals surface area contributed by atoms with E-state index in [9.17, 15) is 9.59 Å². The summed E-state index contributed by atoms with van der Waals surface area (Å²) >= 11 is 5.76. The highest BCUT2D eigenvalue weighted by atomic mass is 35.5. The van der Waals surface area contributed by atoms with Crippen LogP contribution in [0.5, 0.6) is 0 Å². The van der Waals surface area contributed by atoms with E-state index in [1.807, 2.05) is 0 Å². The first-order chi connectivity index (χ1) is 10.0. The summed E-state index contributed by atoms with van der Waals surface area (Å²) in [6, 6.07) is 4.64. The molecule has 0 unspecified atom stereocenters. The van der Waals surface area contributed by atoms with Crippen LogP contribution in [0.4, 0.5) is 5.69 Å². The standard InChI is InChI=1S/C15H20ClNO4/c1-2-20-14(18)6-4-3-5-9-21-15(19)12-8-7-11(16)10-13(12)17/h7-8,10H,2-6,9,17H2,1H3. The van der Waals surface area contributed by atoms with Crippen molar-refractivity contribution in [3.05, 3.63) is 28.8 Å². The number of halogens is 1. The SMILES string of the molecule is CCOC(=O)CCCCCOC(=O)c1ccc(Cl)cc1N.